The summed E-state index contributed by atoms with van der Waals surface area (Å²) >= 11 is 0. The van der Waals surface area contributed by atoms with Crippen molar-refractivity contribution >= 4 is 43.9 Å². The van der Waals surface area contributed by atoms with E-state index in [2.05, 4.69) is 10.2 Å². The summed E-state index contributed by atoms with van der Waals surface area (Å²) in [7, 11) is -4.56. The quantitative estimate of drug-likeness (QED) is 0.247. The van der Waals surface area contributed by atoms with Gasteiger partial charge in [-0.25, -0.2) is 0 Å². The number of hydrogen-bond acceptors (Lipinski definition) is 6. The highest BCUT2D eigenvalue weighted by Gasteiger charge is 2.20. The molecule has 0 saturated heterocycles. The first-order chi connectivity index (χ1) is 16.7. The molecule has 0 aromatic heterocycles. The van der Waals surface area contributed by atoms with E-state index in [9.17, 15) is 22.9 Å². The third-order valence-corrected chi connectivity index (χ3v) is 6.47. The van der Waals surface area contributed by atoms with Crippen LogP contribution >= 0.6 is 0 Å². The van der Waals surface area contributed by atoms with Gasteiger partial charge in [-0.3, -0.25) is 9.35 Å². The summed E-state index contributed by atoms with van der Waals surface area (Å²) in [6.45, 7) is 4.17. The molecule has 4 aromatic carbocycles. The molecular formula is C26H23N3O5S. The molecule has 0 heterocycles. The lowest BCUT2D eigenvalue weighted by Gasteiger charge is -2.22. The lowest BCUT2D eigenvalue weighted by atomic mass is 10.1. The van der Waals surface area contributed by atoms with Gasteiger partial charge in [0.05, 0.1) is 5.69 Å². The number of carbonyl (C=O) groups excluding carboxylic acids is 1. The number of azo groups is 1. The molecular weight excluding hydrogens is 466 g/mol. The monoisotopic (exact) mass is 489 g/mol. The van der Waals surface area contributed by atoms with Crippen LogP contribution < -0.4 is 4.90 Å². The van der Waals surface area contributed by atoms with Crippen molar-refractivity contribution in [2.24, 2.45) is 10.2 Å². The topological polar surface area (TPSA) is 120 Å². The second kappa shape index (κ2) is 9.65. The average Bonchev–Trinajstić information content (AvgIpc) is 2.85. The van der Waals surface area contributed by atoms with Gasteiger partial charge >= 0.3 is 0 Å². The first-order valence-corrected chi connectivity index (χ1v) is 12.3. The molecule has 178 valence electrons. The summed E-state index contributed by atoms with van der Waals surface area (Å²) in [5, 5.41) is 19.3. The normalized spacial score (nSPS) is 11.7. The van der Waals surface area contributed by atoms with Crippen LogP contribution in [-0.4, -0.2) is 30.5 Å². The Kier molecular flexibility index (Phi) is 6.63. The highest BCUT2D eigenvalue weighted by atomic mass is 32.2. The molecule has 0 aliphatic heterocycles. The Balaban J connectivity index is 1.69. The molecule has 8 nitrogen and oxygen atoms in total. The van der Waals surface area contributed by atoms with Crippen LogP contribution in [0.1, 0.15) is 22.8 Å². The average molecular weight is 490 g/mol. The number of phenols is 1. The minimum atomic E-state index is -4.56. The maximum absolute atomic E-state index is 12.9. The Labute approximate surface area is 202 Å². The largest absolute Gasteiger partial charge is 0.505 e. The summed E-state index contributed by atoms with van der Waals surface area (Å²) in [6, 6.07) is 21.6. The summed E-state index contributed by atoms with van der Waals surface area (Å²) < 4.78 is 33.4. The van der Waals surface area contributed by atoms with E-state index in [4.69, 9.17) is 0 Å². The Morgan fingerprint density at radius 1 is 0.886 bits per heavy atom. The van der Waals surface area contributed by atoms with E-state index in [0.29, 0.717) is 23.5 Å². The van der Waals surface area contributed by atoms with Crippen molar-refractivity contribution in [2.75, 3.05) is 11.4 Å². The zero-order chi connectivity index (χ0) is 25.2. The van der Waals surface area contributed by atoms with Crippen LogP contribution in [0.5, 0.6) is 5.75 Å². The number of anilines is 1. The molecule has 0 spiro atoms. The van der Waals surface area contributed by atoms with Crippen LogP contribution in [0.4, 0.5) is 17.1 Å². The zero-order valence-corrected chi connectivity index (χ0v) is 19.9. The van der Waals surface area contributed by atoms with Gasteiger partial charge < -0.3 is 10.0 Å². The predicted molar refractivity (Wildman–Crippen MR) is 135 cm³/mol. The summed E-state index contributed by atoms with van der Waals surface area (Å²) in [6.07, 6.45) is 0. The molecule has 35 heavy (non-hydrogen) atoms. The summed E-state index contributed by atoms with van der Waals surface area (Å²) in [5.74, 6) is -0.377. The van der Waals surface area contributed by atoms with E-state index in [-0.39, 0.29) is 33.0 Å². The van der Waals surface area contributed by atoms with Crippen LogP contribution in [0.25, 0.3) is 10.8 Å². The van der Waals surface area contributed by atoms with Crippen molar-refractivity contribution < 1.29 is 22.9 Å². The number of amides is 1. The van der Waals surface area contributed by atoms with Crippen molar-refractivity contribution in [3.63, 3.8) is 0 Å². The summed E-state index contributed by atoms with van der Waals surface area (Å²) in [5.41, 5.74) is 2.37. The van der Waals surface area contributed by atoms with Gasteiger partial charge in [0.2, 0.25) is 0 Å². The molecule has 0 radical (unpaired) electrons. The molecule has 0 unspecified atom stereocenters. The van der Waals surface area contributed by atoms with Gasteiger partial charge in [0.1, 0.15) is 10.6 Å². The molecule has 4 rings (SSSR count). The minimum absolute atomic E-state index is 0.103. The Hall–Kier alpha value is -4.08. The number of nitrogens with zero attached hydrogens (tertiary/aromatic N) is 3. The van der Waals surface area contributed by atoms with Gasteiger partial charge in [-0.2, -0.15) is 13.5 Å². The summed E-state index contributed by atoms with van der Waals surface area (Å²) in [4.78, 5) is 14.2. The van der Waals surface area contributed by atoms with Crippen LogP contribution in [0.15, 0.2) is 94.0 Å². The molecule has 0 bridgehead atoms. The van der Waals surface area contributed by atoms with Crippen molar-refractivity contribution in [3.8, 4) is 5.75 Å². The lowest BCUT2D eigenvalue weighted by Crippen LogP contribution is -2.30. The van der Waals surface area contributed by atoms with Crippen molar-refractivity contribution in [1.29, 1.82) is 0 Å². The number of aryl methyl sites for hydroxylation is 1. The van der Waals surface area contributed by atoms with Gasteiger partial charge in [-0.05, 0) is 55.8 Å². The maximum Gasteiger partial charge on any atom is 0.295 e. The van der Waals surface area contributed by atoms with Crippen LogP contribution in [-0.2, 0) is 10.1 Å². The fourth-order valence-corrected chi connectivity index (χ4v) is 4.53. The number of hydrogen-bond donors (Lipinski definition) is 2. The fourth-order valence-electron chi connectivity index (χ4n) is 3.81. The van der Waals surface area contributed by atoms with Crippen molar-refractivity contribution in [2.45, 2.75) is 18.7 Å². The number of benzene rings is 4. The third-order valence-electron chi connectivity index (χ3n) is 5.58. The third kappa shape index (κ3) is 4.91. The lowest BCUT2D eigenvalue weighted by molar-refractivity contribution is 0.0988. The highest BCUT2D eigenvalue weighted by molar-refractivity contribution is 7.86. The van der Waals surface area contributed by atoms with E-state index in [1.807, 2.05) is 38.1 Å². The van der Waals surface area contributed by atoms with Crippen LogP contribution in [0.2, 0.25) is 0 Å². The standard InChI is InChI=1S/C26H23N3O5S/c1-3-29(26(31)18-9-5-4-6-10-18)19-13-14-22(17(2)15-19)27-28-23-16-24(35(32,33)34)20-11-7-8-12-21(20)25(23)30/h4-16,30H,3H2,1-2H3,(H,32,33,34). The van der Waals surface area contributed by atoms with E-state index in [0.717, 1.165) is 11.6 Å². The van der Waals surface area contributed by atoms with Crippen molar-refractivity contribution in [1.82, 2.24) is 0 Å². The van der Waals surface area contributed by atoms with Gasteiger partial charge in [-0.15, -0.1) is 5.11 Å². The van der Waals surface area contributed by atoms with E-state index < -0.39 is 10.1 Å². The molecule has 9 heteroatoms. The van der Waals surface area contributed by atoms with Gasteiger partial charge in [0, 0.05) is 28.6 Å². The Morgan fingerprint density at radius 2 is 1.51 bits per heavy atom. The number of rotatable bonds is 6. The van der Waals surface area contributed by atoms with Gasteiger partial charge in [0.25, 0.3) is 16.0 Å². The van der Waals surface area contributed by atoms with Crippen molar-refractivity contribution in [3.05, 3.63) is 90.0 Å². The zero-order valence-electron chi connectivity index (χ0n) is 19.1. The maximum atomic E-state index is 12.9. The molecule has 0 saturated carbocycles. The second-order valence-corrected chi connectivity index (χ2v) is 9.24. The molecule has 0 aliphatic rings. The number of fused-ring (bicyclic) bond motifs is 1. The van der Waals surface area contributed by atoms with Crippen LogP contribution in [0, 0.1) is 6.92 Å². The molecule has 4 aromatic rings. The number of carbonyl (C=O) groups is 1. The number of phenolic OH excluding ortho intramolecular Hbond substituents is 1. The van der Waals surface area contributed by atoms with Gasteiger partial charge in [-0.1, -0.05) is 42.5 Å². The SMILES string of the molecule is CCN(C(=O)c1ccccc1)c1ccc(N=Nc2cc(S(=O)(=O)O)c3ccccc3c2O)c(C)c1. The number of aromatic hydroxyl groups is 1. The van der Waals surface area contributed by atoms with E-state index >= 15 is 0 Å². The second-order valence-electron chi connectivity index (χ2n) is 7.85. The van der Waals surface area contributed by atoms with E-state index in [1.165, 1.54) is 12.1 Å². The Morgan fingerprint density at radius 3 is 2.14 bits per heavy atom. The fraction of sp³-hybridized carbons (Fsp3) is 0.115. The van der Waals surface area contributed by atoms with E-state index in [1.54, 1.807) is 41.3 Å². The van der Waals surface area contributed by atoms with Crippen LogP contribution in [0.3, 0.4) is 0 Å². The highest BCUT2D eigenvalue weighted by Crippen LogP contribution is 2.40. The molecule has 0 fully saturated rings. The first kappa shape index (κ1) is 24.1. The molecule has 0 aliphatic carbocycles. The first-order valence-electron chi connectivity index (χ1n) is 10.8. The molecule has 2 N–H and O–H groups in total. The Bertz CT molecular complexity index is 1550. The smallest absolute Gasteiger partial charge is 0.295 e. The molecule has 1 amide bonds. The van der Waals surface area contributed by atoms with Gasteiger partial charge in [0.15, 0.2) is 5.75 Å². The minimum Gasteiger partial charge on any atom is -0.505 e. The molecule has 0 atom stereocenters. The predicted octanol–water partition coefficient (Wildman–Crippen LogP) is 6.18.